The van der Waals surface area contributed by atoms with E-state index in [-0.39, 0.29) is 0 Å². The summed E-state index contributed by atoms with van der Waals surface area (Å²) in [6.45, 7) is 5.26. The van der Waals surface area contributed by atoms with Gasteiger partial charge in [-0.15, -0.1) is 0 Å². The molecule has 1 aromatic rings. The largest absolute Gasteiger partial charge is 0.478 e. The highest BCUT2D eigenvalue weighted by Gasteiger charge is 2.07. The molecule has 98 valence electrons. The molecule has 0 amide bonds. The molecule has 1 atom stereocenters. The summed E-state index contributed by atoms with van der Waals surface area (Å²) in [6.07, 6.45) is 3.90. The third kappa shape index (κ3) is 4.72. The minimum atomic E-state index is -0.919. The number of benzene rings is 1. The molecule has 0 fully saturated rings. The molecule has 18 heavy (non-hydrogen) atoms. The van der Waals surface area contributed by atoms with Crippen molar-refractivity contribution >= 4 is 12.0 Å². The van der Waals surface area contributed by atoms with E-state index in [1.165, 1.54) is 5.56 Å². The Labute approximate surface area is 109 Å². The van der Waals surface area contributed by atoms with Crippen molar-refractivity contribution in [3.05, 3.63) is 41.5 Å². The normalized spacial score (nSPS) is 13.1. The van der Waals surface area contributed by atoms with Crippen LogP contribution in [-0.4, -0.2) is 29.1 Å². The SMILES string of the molecule is CCC(C)N(C)Cc1cccc(C=CC(=O)O)c1. The second-order valence-electron chi connectivity index (χ2n) is 4.59. The first-order valence-electron chi connectivity index (χ1n) is 6.23. The minimum absolute atomic E-state index is 0.545. The maximum absolute atomic E-state index is 10.5. The van der Waals surface area contributed by atoms with Crippen molar-refractivity contribution in [1.29, 1.82) is 0 Å². The molecule has 0 spiro atoms. The van der Waals surface area contributed by atoms with Gasteiger partial charge in [-0.05, 0) is 37.6 Å². The van der Waals surface area contributed by atoms with Crippen LogP contribution in [0.25, 0.3) is 6.08 Å². The van der Waals surface area contributed by atoms with Gasteiger partial charge in [-0.1, -0.05) is 31.2 Å². The molecule has 1 unspecified atom stereocenters. The van der Waals surface area contributed by atoms with Gasteiger partial charge in [0.2, 0.25) is 0 Å². The molecular weight excluding hydrogens is 226 g/mol. The summed E-state index contributed by atoms with van der Waals surface area (Å²) in [4.78, 5) is 12.8. The number of aliphatic carboxylic acids is 1. The zero-order chi connectivity index (χ0) is 13.5. The van der Waals surface area contributed by atoms with Crippen LogP contribution in [0.2, 0.25) is 0 Å². The zero-order valence-electron chi connectivity index (χ0n) is 11.3. The molecule has 0 saturated heterocycles. The van der Waals surface area contributed by atoms with Gasteiger partial charge in [0.05, 0.1) is 0 Å². The summed E-state index contributed by atoms with van der Waals surface area (Å²) in [5.74, 6) is -0.919. The van der Waals surface area contributed by atoms with Gasteiger partial charge in [-0.2, -0.15) is 0 Å². The fourth-order valence-electron chi connectivity index (χ4n) is 1.72. The Morgan fingerprint density at radius 3 is 2.83 bits per heavy atom. The van der Waals surface area contributed by atoms with E-state index in [1.807, 2.05) is 18.2 Å². The van der Waals surface area contributed by atoms with Crippen molar-refractivity contribution in [2.45, 2.75) is 32.9 Å². The van der Waals surface area contributed by atoms with Gasteiger partial charge in [-0.3, -0.25) is 4.90 Å². The lowest BCUT2D eigenvalue weighted by Crippen LogP contribution is -2.27. The molecule has 0 radical (unpaired) electrons. The second-order valence-corrected chi connectivity index (χ2v) is 4.59. The van der Waals surface area contributed by atoms with E-state index < -0.39 is 5.97 Å². The zero-order valence-corrected chi connectivity index (χ0v) is 11.3. The average molecular weight is 247 g/mol. The van der Waals surface area contributed by atoms with E-state index in [2.05, 4.69) is 31.9 Å². The number of carboxylic acid groups (broad SMARTS) is 1. The molecule has 1 rings (SSSR count). The highest BCUT2D eigenvalue weighted by atomic mass is 16.4. The van der Waals surface area contributed by atoms with E-state index in [4.69, 9.17) is 5.11 Å². The average Bonchev–Trinajstić information content (AvgIpc) is 2.35. The van der Waals surface area contributed by atoms with Crippen molar-refractivity contribution in [2.75, 3.05) is 7.05 Å². The Morgan fingerprint density at radius 2 is 2.22 bits per heavy atom. The Hall–Kier alpha value is -1.61. The van der Waals surface area contributed by atoms with Gasteiger partial charge in [0, 0.05) is 18.7 Å². The predicted octanol–water partition coefficient (Wildman–Crippen LogP) is 3.01. The van der Waals surface area contributed by atoms with Crippen molar-refractivity contribution < 1.29 is 9.90 Å². The minimum Gasteiger partial charge on any atom is -0.478 e. The fourth-order valence-corrected chi connectivity index (χ4v) is 1.72. The number of carbonyl (C=O) groups is 1. The maximum atomic E-state index is 10.5. The number of rotatable bonds is 6. The Bertz CT molecular complexity index is 426. The fraction of sp³-hybridized carbons (Fsp3) is 0.400. The Balaban J connectivity index is 2.73. The molecule has 0 heterocycles. The molecule has 0 aliphatic carbocycles. The van der Waals surface area contributed by atoms with Crippen LogP contribution in [0, 0.1) is 0 Å². The summed E-state index contributed by atoms with van der Waals surface area (Å²) in [7, 11) is 2.11. The molecule has 0 aliphatic rings. The lowest BCUT2D eigenvalue weighted by atomic mass is 10.1. The number of hydrogen-bond donors (Lipinski definition) is 1. The van der Waals surface area contributed by atoms with E-state index in [9.17, 15) is 4.79 Å². The van der Waals surface area contributed by atoms with Crippen molar-refractivity contribution in [1.82, 2.24) is 4.90 Å². The summed E-state index contributed by atoms with van der Waals surface area (Å²) in [5, 5.41) is 8.60. The summed E-state index contributed by atoms with van der Waals surface area (Å²) >= 11 is 0. The number of hydrogen-bond acceptors (Lipinski definition) is 2. The Kier molecular flexibility index (Phi) is 5.59. The molecular formula is C15H21NO2. The maximum Gasteiger partial charge on any atom is 0.328 e. The molecule has 3 nitrogen and oxygen atoms in total. The second kappa shape index (κ2) is 6.97. The first-order chi connectivity index (χ1) is 8.52. The first-order valence-corrected chi connectivity index (χ1v) is 6.23. The topological polar surface area (TPSA) is 40.5 Å². The summed E-state index contributed by atoms with van der Waals surface area (Å²) < 4.78 is 0. The molecule has 3 heteroatoms. The van der Waals surface area contributed by atoms with Gasteiger partial charge in [-0.25, -0.2) is 4.79 Å². The standard InChI is InChI=1S/C15H21NO2/c1-4-12(2)16(3)11-14-7-5-6-13(10-14)8-9-15(17)18/h5-10,12H,4,11H2,1-3H3,(H,17,18). The van der Waals surface area contributed by atoms with E-state index in [1.54, 1.807) is 6.08 Å². The van der Waals surface area contributed by atoms with Gasteiger partial charge < -0.3 is 5.11 Å². The van der Waals surface area contributed by atoms with Crippen LogP contribution >= 0.6 is 0 Å². The van der Waals surface area contributed by atoms with Crippen LogP contribution < -0.4 is 0 Å². The van der Waals surface area contributed by atoms with Gasteiger partial charge in [0.25, 0.3) is 0 Å². The smallest absolute Gasteiger partial charge is 0.328 e. The molecule has 0 bridgehead atoms. The van der Waals surface area contributed by atoms with Crippen LogP contribution in [0.4, 0.5) is 0 Å². The van der Waals surface area contributed by atoms with Crippen molar-refractivity contribution in [3.8, 4) is 0 Å². The number of carboxylic acids is 1. The quantitative estimate of drug-likeness (QED) is 0.786. The first kappa shape index (κ1) is 14.5. The van der Waals surface area contributed by atoms with Crippen molar-refractivity contribution in [2.24, 2.45) is 0 Å². The van der Waals surface area contributed by atoms with Crippen molar-refractivity contribution in [3.63, 3.8) is 0 Å². The molecule has 1 N–H and O–H groups in total. The highest BCUT2D eigenvalue weighted by Crippen LogP contribution is 2.11. The lowest BCUT2D eigenvalue weighted by Gasteiger charge is -2.23. The van der Waals surface area contributed by atoms with E-state index in [0.717, 1.165) is 24.6 Å². The molecule has 0 aliphatic heterocycles. The monoisotopic (exact) mass is 247 g/mol. The third-order valence-corrected chi connectivity index (χ3v) is 3.14. The molecule has 0 aromatic heterocycles. The van der Waals surface area contributed by atoms with Crippen LogP contribution in [-0.2, 0) is 11.3 Å². The third-order valence-electron chi connectivity index (χ3n) is 3.14. The van der Waals surface area contributed by atoms with Gasteiger partial charge in [0.1, 0.15) is 0 Å². The van der Waals surface area contributed by atoms with Gasteiger partial charge in [0.15, 0.2) is 0 Å². The van der Waals surface area contributed by atoms with Crippen LogP contribution in [0.15, 0.2) is 30.3 Å². The number of nitrogens with zero attached hydrogens (tertiary/aromatic N) is 1. The summed E-state index contributed by atoms with van der Waals surface area (Å²) in [6, 6.07) is 8.51. The molecule has 1 aromatic carbocycles. The van der Waals surface area contributed by atoms with E-state index in [0.29, 0.717) is 6.04 Å². The molecule has 0 saturated carbocycles. The van der Waals surface area contributed by atoms with Crippen LogP contribution in [0.5, 0.6) is 0 Å². The van der Waals surface area contributed by atoms with Crippen LogP contribution in [0.3, 0.4) is 0 Å². The summed E-state index contributed by atoms with van der Waals surface area (Å²) in [5.41, 5.74) is 2.12. The lowest BCUT2D eigenvalue weighted by molar-refractivity contribution is -0.131. The van der Waals surface area contributed by atoms with Gasteiger partial charge >= 0.3 is 5.97 Å². The Morgan fingerprint density at radius 1 is 1.50 bits per heavy atom. The predicted molar refractivity (Wildman–Crippen MR) is 74.3 cm³/mol. The van der Waals surface area contributed by atoms with Crippen LogP contribution in [0.1, 0.15) is 31.4 Å². The highest BCUT2D eigenvalue weighted by molar-refractivity contribution is 5.85. The van der Waals surface area contributed by atoms with E-state index >= 15 is 0 Å².